The van der Waals surface area contributed by atoms with E-state index in [4.69, 9.17) is 4.74 Å². The van der Waals surface area contributed by atoms with Crippen LogP contribution in [0.1, 0.15) is 58.8 Å². The maximum absolute atomic E-state index is 12.7. The number of ketones is 1. The number of nitrogens with one attached hydrogen (secondary N) is 2. The molecule has 3 amide bonds. The van der Waals surface area contributed by atoms with Crippen LogP contribution in [0.4, 0.5) is 4.79 Å². The zero-order valence-corrected chi connectivity index (χ0v) is 14.9. The van der Waals surface area contributed by atoms with Gasteiger partial charge in [0.1, 0.15) is 6.04 Å². The fourth-order valence-electron chi connectivity index (χ4n) is 3.02. The van der Waals surface area contributed by atoms with E-state index in [0.29, 0.717) is 17.8 Å². The van der Waals surface area contributed by atoms with Crippen LogP contribution < -0.4 is 5.32 Å². The Balaban J connectivity index is 2.26. The predicted octanol–water partition coefficient (Wildman–Crippen LogP) is 1.71. The van der Waals surface area contributed by atoms with E-state index in [9.17, 15) is 19.2 Å². The minimum atomic E-state index is -0.603. The summed E-state index contributed by atoms with van der Waals surface area (Å²) in [6, 6.07) is -1.18. The van der Waals surface area contributed by atoms with Gasteiger partial charge in [-0.2, -0.15) is 0 Å². The third-order valence-electron chi connectivity index (χ3n) is 4.12. The third kappa shape index (κ3) is 3.57. The van der Waals surface area contributed by atoms with Crippen LogP contribution in [0.15, 0.2) is 0 Å². The molecule has 0 aromatic carbocycles. The molecule has 2 N–H and O–H groups in total. The molecule has 136 valence electrons. The molecule has 1 aliphatic heterocycles. The van der Waals surface area contributed by atoms with Crippen LogP contribution in [0.3, 0.4) is 0 Å². The molecule has 2 heterocycles. The van der Waals surface area contributed by atoms with Gasteiger partial charge in [0.05, 0.1) is 24.3 Å². The van der Waals surface area contributed by atoms with Gasteiger partial charge in [0.25, 0.3) is 5.91 Å². The number of esters is 1. The molecule has 1 aromatic heterocycles. The number of urea groups is 1. The molecular formula is C17H23N3O5. The van der Waals surface area contributed by atoms with Crippen molar-refractivity contribution in [2.24, 2.45) is 0 Å². The number of H-pyrrole nitrogens is 1. The normalized spacial score (nSPS) is 17.0. The SMILES string of the molecule is CCCC1NC(=O)N(CC(=O)c2c(C)[nH]c(C)c2C(=O)OCC)C1=O. The van der Waals surface area contributed by atoms with Crippen LogP contribution >= 0.6 is 0 Å². The second-order valence-electron chi connectivity index (χ2n) is 5.98. The molecule has 1 saturated heterocycles. The lowest BCUT2D eigenvalue weighted by atomic mass is 10.0. The maximum Gasteiger partial charge on any atom is 0.340 e. The standard InChI is InChI=1S/C17H23N3O5/c1-5-7-11-15(22)20(17(24)19-11)8-12(21)13-9(3)18-10(4)14(13)16(23)25-6-2/h11,18H,5-8H2,1-4H3,(H,19,24). The average molecular weight is 349 g/mol. The Kier molecular flexibility index (Phi) is 5.61. The number of imide groups is 1. The summed E-state index contributed by atoms with van der Waals surface area (Å²) >= 11 is 0. The zero-order chi connectivity index (χ0) is 18.7. The number of hydrogen-bond acceptors (Lipinski definition) is 5. The van der Waals surface area contributed by atoms with Crippen molar-refractivity contribution >= 4 is 23.7 Å². The van der Waals surface area contributed by atoms with Gasteiger partial charge in [0, 0.05) is 11.4 Å². The van der Waals surface area contributed by atoms with Gasteiger partial charge in [-0.3, -0.25) is 14.5 Å². The molecule has 1 aromatic rings. The van der Waals surface area contributed by atoms with Gasteiger partial charge in [-0.1, -0.05) is 13.3 Å². The van der Waals surface area contributed by atoms with Crippen molar-refractivity contribution in [2.75, 3.05) is 13.2 Å². The van der Waals surface area contributed by atoms with Crippen molar-refractivity contribution in [2.45, 2.75) is 46.6 Å². The van der Waals surface area contributed by atoms with E-state index in [2.05, 4.69) is 10.3 Å². The first-order valence-corrected chi connectivity index (χ1v) is 8.33. The number of aryl methyl sites for hydroxylation is 2. The van der Waals surface area contributed by atoms with Gasteiger partial charge in [-0.15, -0.1) is 0 Å². The van der Waals surface area contributed by atoms with Gasteiger partial charge in [-0.25, -0.2) is 9.59 Å². The summed E-state index contributed by atoms with van der Waals surface area (Å²) < 4.78 is 5.00. The summed E-state index contributed by atoms with van der Waals surface area (Å²) in [5.74, 6) is -1.50. The van der Waals surface area contributed by atoms with Crippen molar-refractivity contribution < 1.29 is 23.9 Å². The molecule has 25 heavy (non-hydrogen) atoms. The molecule has 1 aliphatic rings. The largest absolute Gasteiger partial charge is 0.462 e. The summed E-state index contributed by atoms with van der Waals surface area (Å²) in [7, 11) is 0. The minimum Gasteiger partial charge on any atom is -0.462 e. The van der Waals surface area contributed by atoms with E-state index in [0.717, 1.165) is 11.3 Å². The molecule has 1 fully saturated rings. The quantitative estimate of drug-likeness (QED) is 0.442. The van der Waals surface area contributed by atoms with Crippen molar-refractivity contribution in [3.05, 3.63) is 22.5 Å². The molecule has 0 bridgehead atoms. The van der Waals surface area contributed by atoms with E-state index in [1.54, 1.807) is 20.8 Å². The summed E-state index contributed by atoms with van der Waals surface area (Å²) in [5, 5.41) is 2.57. The Morgan fingerprint density at radius 2 is 1.76 bits per heavy atom. The van der Waals surface area contributed by atoms with Gasteiger partial charge in [0.15, 0.2) is 5.78 Å². The Bertz CT molecular complexity index is 722. The molecule has 1 atom stereocenters. The summed E-state index contributed by atoms with van der Waals surface area (Å²) in [5.41, 5.74) is 1.33. The molecule has 8 heteroatoms. The van der Waals surface area contributed by atoms with Gasteiger partial charge >= 0.3 is 12.0 Å². The molecule has 0 saturated carbocycles. The van der Waals surface area contributed by atoms with E-state index >= 15 is 0 Å². The Labute approximate surface area is 145 Å². The van der Waals surface area contributed by atoms with Crippen molar-refractivity contribution in [1.29, 1.82) is 0 Å². The monoisotopic (exact) mass is 349 g/mol. The number of rotatable bonds is 7. The highest BCUT2D eigenvalue weighted by Gasteiger charge is 2.39. The highest BCUT2D eigenvalue weighted by atomic mass is 16.5. The number of aromatic nitrogens is 1. The van der Waals surface area contributed by atoms with E-state index in [1.807, 2.05) is 6.92 Å². The first-order chi connectivity index (χ1) is 11.8. The Morgan fingerprint density at radius 3 is 2.36 bits per heavy atom. The minimum absolute atomic E-state index is 0.154. The van der Waals surface area contributed by atoms with Crippen LogP contribution in [0.5, 0.6) is 0 Å². The number of carbonyl (C=O) groups is 4. The molecular weight excluding hydrogens is 326 g/mol. The summed E-state index contributed by atoms with van der Waals surface area (Å²) in [4.78, 5) is 53.0. The van der Waals surface area contributed by atoms with Crippen LogP contribution in [-0.4, -0.2) is 52.8 Å². The zero-order valence-electron chi connectivity index (χ0n) is 14.9. The predicted molar refractivity (Wildman–Crippen MR) is 89.5 cm³/mol. The number of amides is 3. The van der Waals surface area contributed by atoms with Gasteiger partial charge in [-0.05, 0) is 27.2 Å². The lowest BCUT2D eigenvalue weighted by molar-refractivity contribution is -0.127. The lowest BCUT2D eigenvalue weighted by Gasteiger charge is -2.13. The van der Waals surface area contributed by atoms with Crippen LogP contribution in [0, 0.1) is 13.8 Å². The molecule has 1 unspecified atom stereocenters. The summed E-state index contributed by atoms with van der Waals surface area (Å²) in [6.07, 6.45) is 1.26. The van der Waals surface area contributed by atoms with Crippen molar-refractivity contribution in [3.8, 4) is 0 Å². The number of ether oxygens (including phenoxy) is 1. The van der Waals surface area contributed by atoms with E-state index < -0.39 is 36.3 Å². The second-order valence-corrected chi connectivity index (χ2v) is 5.98. The third-order valence-corrected chi connectivity index (χ3v) is 4.12. The molecule has 8 nitrogen and oxygen atoms in total. The number of aromatic amines is 1. The van der Waals surface area contributed by atoms with E-state index in [1.165, 1.54) is 0 Å². The second kappa shape index (κ2) is 7.50. The van der Waals surface area contributed by atoms with Crippen molar-refractivity contribution in [3.63, 3.8) is 0 Å². The lowest BCUT2D eigenvalue weighted by Crippen LogP contribution is -2.36. The van der Waals surface area contributed by atoms with Gasteiger partial charge < -0.3 is 15.0 Å². The van der Waals surface area contributed by atoms with Crippen LogP contribution in [-0.2, 0) is 9.53 Å². The van der Waals surface area contributed by atoms with Crippen LogP contribution in [0.25, 0.3) is 0 Å². The first-order valence-electron chi connectivity index (χ1n) is 8.33. The van der Waals surface area contributed by atoms with Crippen LogP contribution in [0.2, 0.25) is 0 Å². The van der Waals surface area contributed by atoms with E-state index in [-0.39, 0.29) is 17.7 Å². The number of Topliss-reactive ketones (excluding diaryl/α,β-unsaturated/α-hetero) is 1. The fraction of sp³-hybridized carbons (Fsp3) is 0.529. The molecule has 0 spiro atoms. The highest BCUT2D eigenvalue weighted by molar-refractivity contribution is 6.13. The molecule has 2 rings (SSSR count). The molecule has 0 aliphatic carbocycles. The maximum atomic E-state index is 12.7. The summed E-state index contributed by atoms with van der Waals surface area (Å²) in [6.45, 7) is 6.69. The fourth-order valence-corrected chi connectivity index (χ4v) is 3.02. The Hall–Kier alpha value is -2.64. The smallest absolute Gasteiger partial charge is 0.340 e. The number of nitrogens with zero attached hydrogens (tertiary/aromatic N) is 1. The topological polar surface area (TPSA) is 109 Å². The Morgan fingerprint density at radius 1 is 1.12 bits per heavy atom. The highest BCUT2D eigenvalue weighted by Crippen LogP contribution is 2.21. The number of hydrogen-bond donors (Lipinski definition) is 2. The molecule has 0 radical (unpaired) electrons. The number of carbonyl (C=O) groups excluding carboxylic acids is 4. The first kappa shape index (κ1) is 18.7. The van der Waals surface area contributed by atoms with Gasteiger partial charge in [0.2, 0.25) is 0 Å². The average Bonchev–Trinajstić information content (AvgIpc) is 2.98. The van der Waals surface area contributed by atoms with Crippen molar-refractivity contribution in [1.82, 2.24) is 15.2 Å².